The molecule has 7 atom stereocenters. The lowest BCUT2D eigenvalue weighted by Crippen LogP contribution is -2.57. The third kappa shape index (κ3) is 2.58. The first kappa shape index (κ1) is 19.2. The molecule has 3 fully saturated rings. The van der Waals surface area contributed by atoms with E-state index < -0.39 is 5.60 Å². The number of aliphatic hydroxyl groups is 1. The lowest BCUT2D eigenvalue weighted by molar-refractivity contribution is -0.160. The summed E-state index contributed by atoms with van der Waals surface area (Å²) in [6.45, 7) is 7.64. The summed E-state index contributed by atoms with van der Waals surface area (Å²) in [6.07, 6.45) is 9.96. The van der Waals surface area contributed by atoms with Crippen molar-refractivity contribution in [2.24, 2.45) is 28.6 Å². The number of allylic oxidation sites excluding steroid dienone is 1. The van der Waals surface area contributed by atoms with Crippen molar-refractivity contribution in [1.29, 1.82) is 0 Å². The van der Waals surface area contributed by atoms with Crippen molar-refractivity contribution in [2.75, 3.05) is 0 Å². The molecular weight excluding hydrogens is 340 g/mol. The van der Waals surface area contributed by atoms with Crippen LogP contribution in [0.4, 0.5) is 0 Å². The van der Waals surface area contributed by atoms with Gasteiger partial charge >= 0.3 is 5.97 Å². The molecule has 0 saturated heterocycles. The lowest BCUT2D eigenvalue weighted by Gasteiger charge is -2.58. The molecule has 27 heavy (non-hydrogen) atoms. The van der Waals surface area contributed by atoms with Crippen LogP contribution in [0.5, 0.6) is 0 Å². The summed E-state index contributed by atoms with van der Waals surface area (Å²) in [5.74, 6) is 1.36. The van der Waals surface area contributed by atoms with Crippen molar-refractivity contribution in [3.8, 4) is 0 Å². The predicted octanol–water partition coefficient (Wildman–Crippen LogP) is 4.20. The average molecular weight is 375 g/mol. The van der Waals surface area contributed by atoms with Gasteiger partial charge < -0.3 is 9.84 Å². The molecule has 4 rings (SSSR count). The van der Waals surface area contributed by atoms with Gasteiger partial charge in [0.2, 0.25) is 0 Å². The van der Waals surface area contributed by atoms with E-state index in [-0.39, 0.29) is 28.7 Å². The second-order valence-electron chi connectivity index (χ2n) is 10.1. The number of hydrogen-bond donors (Lipinski definition) is 1. The molecule has 0 aromatic heterocycles. The van der Waals surface area contributed by atoms with Gasteiger partial charge in [-0.25, -0.2) is 0 Å². The van der Waals surface area contributed by atoms with Crippen molar-refractivity contribution >= 4 is 11.8 Å². The van der Waals surface area contributed by atoms with E-state index in [1.807, 2.05) is 0 Å². The summed E-state index contributed by atoms with van der Waals surface area (Å²) >= 11 is 0. The maximum Gasteiger partial charge on any atom is 0.302 e. The highest BCUT2D eigenvalue weighted by molar-refractivity contribution is 5.86. The maximum absolute atomic E-state index is 12.3. The van der Waals surface area contributed by atoms with Gasteiger partial charge in [0.1, 0.15) is 11.7 Å². The van der Waals surface area contributed by atoms with E-state index in [4.69, 9.17) is 4.74 Å². The van der Waals surface area contributed by atoms with Crippen molar-refractivity contribution < 1.29 is 19.4 Å². The Morgan fingerprint density at radius 2 is 1.78 bits per heavy atom. The molecule has 0 amide bonds. The van der Waals surface area contributed by atoms with Crippen molar-refractivity contribution in [1.82, 2.24) is 0 Å². The SMILES string of the molecule is CC(=O)O[C@H]1CC[C@@]2(C)C(=CC[C@H]3[C@H]2CC[C@]2(C)[C@H]3CC[C@]2(O)C(C)=O)C1. The average Bonchev–Trinajstić information content (AvgIpc) is 2.87. The summed E-state index contributed by atoms with van der Waals surface area (Å²) in [5.41, 5.74) is 0.235. The van der Waals surface area contributed by atoms with Gasteiger partial charge in [0, 0.05) is 18.8 Å². The van der Waals surface area contributed by atoms with Gasteiger partial charge in [-0.2, -0.15) is 0 Å². The van der Waals surface area contributed by atoms with Gasteiger partial charge in [0.15, 0.2) is 5.78 Å². The molecule has 0 heterocycles. The molecule has 0 spiro atoms. The van der Waals surface area contributed by atoms with Crippen LogP contribution in [0.15, 0.2) is 11.6 Å². The van der Waals surface area contributed by atoms with Crippen LogP contribution in [0.3, 0.4) is 0 Å². The number of carbonyl (C=O) groups excluding carboxylic acids is 2. The van der Waals surface area contributed by atoms with Crippen LogP contribution < -0.4 is 0 Å². The fourth-order valence-electron chi connectivity index (χ4n) is 7.56. The monoisotopic (exact) mass is 374 g/mol. The zero-order valence-corrected chi connectivity index (χ0v) is 17.2. The van der Waals surface area contributed by atoms with Crippen LogP contribution >= 0.6 is 0 Å². The molecule has 150 valence electrons. The number of fused-ring (bicyclic) bond motifs is 5. The second kappa shape index (κ2) is 6.17. The van der Waals surface area contributed by atoms with Gasteiger partial charge in [0.25, 0.3) is 0 Å². The molecule has 4 nitrogen and oxygen atoms in total. The zero-order chi connectivity index (χ0) is 19.6. The number of ether oxygens (including phenoxy) is 1. The van der Waals surface area contributed by atoms with Crippen LogP contribution in [0.25, 0.3) is 0 Å². The lowest BCUT2D eigenvalue weighted by atomic mass is 9.47. The number of hydrogen-bond acceptors (Lipinski definition) is 4. The summed E-state index contributed by atoms with van der Waals surface area (Å²) < 4.78 is 5.51. The van der Waals surface area contributed by atoms with Crippen molar-refractivity contribution in [2.45, 2.75) is 90.8 Å². The Balaban J connectivity index is 1.61. The molecule has 1 N–H and O–H groups in total. The highest BCUT2D eigenvalue weighted by Gasteiger charge is 2.65. The molecule has 0 unspecified atom stereocenters. The number of Topliss-reactive ketones (excluding diaryl/α,β-unsaturated/α-hetero) is 1. The van der Waals surface area contributed by atoms with Crippen LogP contribution in [0, 0.1) is 28.6 Å². The summed E-state index contributed by atoms with van der Waals surface area (Å²) in [5, 5.41) is 11.2. The van der Waals surface area contributed by atoms with Crippen LogP contribution in [0.2, 0.25) is 0 Å². The number of esters is 1. The normalized spacial score (nSPS) is 48.7. The fraction of sp³-hybridized carbons (Fsp3) is 0.826. The highest BCUT2D eigenvalue weighted by atomic mass is 16.5. The quantitative estimate of drug-likeness (QED) is 0.581. The van der Waals surface area contributed by atoms with E-state index in [2.05, 4.69) is 19.9 Å². The molecule has 0 radical (unpaired) electrons. The first-order valence-electron chi connectivity index (χ1n) is 10.7. The molecule has 0 aliphatic heterocycles. The second-order valence-corrected chi connectivity index (χ2v) is 10.1. The van der Waals surface area contributed by atoms with Crippen LogP contribution in [-0.4, -0.2) is 28.6 Å². The van der Waals surface area contributed by atoms with E-state index in [1.165, 1.54) is 12.5 Å². The molecule has 4 aliphatic rings. The minimum absolute atomic E-state index is 0.0292. The minimum atomic E-state index is -1.14. The molecule has 4 aliphatic carbocycles. The highest BCUT2D eigenvalue weighted by Crippen LogP contribution is 2.67. The van der Waals surface area contributed by atoms with E-state index in [1.54, 1.807) is 6.92 Å². The van der Waals surface area contributed by atoms with E-state index in [0.717, 1.165) is 44.9 Å². The molecule has 0 bridgehead atoms. The Kier molecular flexibility index (Phi) is 4.38. The zero-order valence-electron chi connectivity index (χ0n) is 17.2. The molecule has 4 heteroatoms. The maximum atomic E-state index is 12.3. The topological polar surface area (TPSA) is 63.6 Å². The smallest absolute Gasteiger partial charge is 0.302 e. The summed E-state index contributed by atoms with van der Waals surface area (Å²) in [4.78, 5) is 23.7. The van der Waals surface area contributed by atoms with Crippen LogP contribution in [-0.2, 0) is 14.3 Å². The van der Waals surface area contributed by atoms with E-state index >= 15 is 0 Å². The van der Waals surface area contributed by atoms with Gasteiger partial charge in [0.05, 0.1) is 0 Å². The van der Waals surface area contributed by atoms with Gasteiger partial charge in [-0.1, -0.05) is 25.5 Å². The van der Waals surface area contributed by atoms with Gasteiger partial charge in [-0.05, 0) is 75.0 Å². The Bertz CT molecular complexity index is 696. The number of rotatable bonds is 2. The van der Waals surface area contributed by atoms with Gasteiger partial charge in [-0.15, -0.1) is 0 Å². The molecule has 3 saturated carbocycles. The summed E-state index contributed by atoms with van der Waals surface area (Å²) in [7, 11) is 0. The largest absolute Gasteiger partial charge is 0.462 e. The Morgan fingerprint density at radius 3 is 2.44 bits per heavy atom. The number of ketones is 1. The Labute approximate surface area is 162 Å². The standard InChI is InChI=1S/C23H34O4/c1-14(24)23(26)12-9-20-18-6-5-16-13-17(27-15(2)25)7-10-21(16,3)19(18)8-11-22(20,23)4/h5,17-20,26H,6-13H2,1-4H3/t17-,18-,19+,20-,21-,22+,23-/m0/s1. The van der Waals surface area contributed by atoms with Crippen LogP contribution in [0.1, 0.15) is 79.1 Å². The third-order valence-corrected chi connectivity index (χ3v) is 9.13. The third-order valence-electron chi connectivity index (χ3n) is 9.13. The van der Waals surface area contributed by atoms with Gasteiger partial charge in [-0.3, -0.25) is 9.59 Å². The molecular formula is C23H34O4. The van der Waals surface area contributed by atoms with Crippen molar-refractivity contribution in [3.05, 3.63) is 11.6 Å². The fourth-order valence-corrected chi connectivity index (χ4v) is 7.56. The molecule has 0 aromatic rings. The number of carbonyl (C=O) groups is 2. The first-order chi connectivity index (χ1) is 12.6. The Hall–Kier alpha value is -1.16. The Morgan fingerprint density at radius 1 is 1.07 bits per heavy atom. The van der Waals surface area contributed by atoms with E-state index in [9.17, 15) is 14.7 Å². The minimum Gasteiger partial charge on any atom is -0.462 e. The van der Waals surface area contributed by atoms with Crippen molar-refractivity contribution in [3.63, 3.8) is 0 Å². The summed E-state index contributed by atoms with van der Waals surface area (Å²) in [6, 6.07) is 0. The predicted molar refractivity (Wildman–Crippen MR) is 103 cm³/mol. The van der Waals surface area contributed by atoms with E-state index in [0.29, 0.717) is 24.2 Å². The molecule has 0 aromatic carbocycles. The first-order valence-corrected chi connectivity index (χ1v) is 10.7.